The van der Waals surface area contributed by atoms with Crippen LogP contribution in [0.5, 0.6) is 5.75 Å². The molecule has 1 saturated heterocycles. The van der Waals surface area contributed by atoms with Gasteiger partial charge in [-0.05, 0) is 42.7 Å². The van der Waals surface area contributed by atoms with Crippen molar-refractivity contribution in [3.8, 4) is 5.75 Å². The minimum absolute atomic E-state index is 0.0632. The fourth-order valence-corrected chi connectivity index (χ4v) is 3.20. The molecule has 0 spiro atoms. The second-order valence-electron chi connectivity index (χ2n) is 6.51. The molecule has 0 saturated carbocycles. The Labute approximate surface area is 153 Å². The van der Waals surface area contributed by atoms with Gasteiger partial charge in [0, 0.05) is 18.1 Å². The second kappa shape index (κ2) is 7.89. The number of ether oxygens (including phenoxy) is 1. The van der Waals surface area contributed by atoms with E-state index in [-0.39, 0.29) is 12.5 Å². The summed E-state index contributed by atoms with van der Waals surface area (Å²) in [4.78, 5) is 14.2. The molecule has 1 aliphatic heterocycles. The van der Waals surface area contributed by atoms with Crippen molar-refractivity contribution in [3.05, 3.63) is 65.2 Å². The summed E-state index contributed by atoms with van der Waals surface area (Å²) < 4.78 is 5.68. The van der Waals surface area contributed by atoms with Gasteiger partial charge in [-0.15, -0.1) is 0 Å². The number of rotatable bonds is 5. The van der Waals surface area contributed by atoms with Gasteiger partial charge in [0.25, 0.3) is 0 Å². The monoisotopic (exact) mass is 359 g/mol. The van der Waals surface area contributed by atoms with E-state index in [4.69, 9.17) is 16.3 Å². The lowest BCUT2D eigenvalue weighted by atomic mass is 9.92. The predicted octanol–water partition coefficient (Wildman–Crippen LogP) is 3.32. The molecule has 1 aliphatic rings. The summed E-state index contributed by atoms with van der Waals surface area (Å²) in [5, 5.41) is 11.3. The van der Waals surface area contributed by atoms with Crippen molar-refractivity contribution in [1.29, 1.82) is 0 Å². The highest BCUT2D eigenvalue weighted by atomic mass is 35.5. The Morgan fingerprint density at radius 3 is 2.52 bits per heavy atom. The van der Waals surface area contributed by atoms with Crippen molar-refractivity contribution in [2.45, 2.75) is 24.9 Å². The molecule has 1 amide bonds. The van der Waals surface area contributed by atoms with Crippen LogP contribution in [0, 0.1) is 0 Å². The van der Waals surface area contributed by atoms with Gasteiger partial charge in [0.05, 0.1) is 6.42 Å². The Morgan fingerprint density at radius 2 is 1.84 bits per heavy atom. The van der Waals surface area contributed by atoms with Crippen LogP contribution in [0.3, 0.4) is 0 Å². The fourth-order valence-electron chi connectivity index (χ4n) is 2.98. The summed E-state index contributed by atoms with van der Waals surface area (Å²) in [5.41, 5.74) is 0.0219. The van der Waals surface area contributed by atoms with Crippen molar-refractivity contribution in [3.63, 3.8) is 0 Å². The predicted molar refractivity (Wildman–Crippen MR) is 97.9 cm³/mol. The molecule has 3 rings (SSSR count). The first-order valence-corrected chi connectivity index (χ1v) is 8.84. The Morgan fingerprint density at radius 1 is 1.12 bits per heavy atom. The Bertz CT molecular complexity index is 712. The number of nitrogens with zero attached hydrogens (tertiary/aromatic N) is 1. The molecule has 2 aromatic carbocycles. The summed E-state index contributed by atoms with van der Waals surface area (Å²) in [6, 6.07) is 16.8. The maximum Gasteiger partial charge on any atom is 0.226 e. The van der Waals surface area contributed by atoms with Crippen molar-refractivity contribution >= 4 is 17.5 Å². The Hall–Kier alpha value is -2.04. The van der Waals surface area contributed by atoms with E-state index in [2.05, 4.69) is 0 Å². The molecule has 1 fully saturated rings. The minimum Gasteiger partial charge on any atom is -0.491 e. The molecular formula is C20H22ClNO3. The van der Waals surface area contributed by atoms with Gasteiger partial charge in [-0.3, -0.25) is 4.79 Å². The van der Waals surface area contributed by atoms with Crippen molar-refractivity contribution < 1.29 is 14.6 Å². The molecule has 0 aliphatic carbocycles. The van der Waals surface area contributed by atoms with Crippen molar-refractivity contribution in [2.75, 3.05) is 19.7 Å². The van der Waals surface area contributed by atoms with Gasteiger partial charge in [-0.25, -0.2) is 0 Å². The maximum absolute atomic E-state index is 12.4. The van der Waals surface area contributed by atoms with Gasteiger partial charge < -0.3 is 14.7 Å². The highest BCUT2D eigenvalue weighted by Crippen LogP contribution is 2.24. The fraction of sp³-hybridized carbons (Fsp3) is 0.350. The third kappa shape index (κ3) is 4.97. The van der Waals surface area contributed by atoms with Gasteiger partial charge in [0.15, 0.2) is 0 Å². The number of carbonyl (C=O) groups is 1. The number of para-hydroxylation sites is 1. The number of hydrogen-bond acceptors (Lipinski definition) is 3. The molecule has 0 atom stereocenters. The van der Waals surface area contributed by atoms with Crippen LogP contribution in [-0.4, -0.2) is 41.2 Å². The van der Waals surface area contributed by atoms with Crippen LogP contribution in [0.1, 0.15) is 18.4 Å². The Kier molecular flexibility index (Phi) is 5.61. The van der Waals surface area contributed by atoms with Gasteiger partial charge >= 0.3 is 0 Å². The highest BCUT2D eigenvalue weighted by molar-refractivity contribution is 6.30. The van der Waals surface area contributed by atoms with Crippen LogP contribution >= 0.6 is 11.6 Å². The third-order valence-corrected chi connectivity index (χ3v) is 4.78. The van der Waals surface area contributed by atoms with Crippen LogP contribution in [0.4, 0.5) is 0 Å². The largest absolute Gasteiger partial charge is 0.491 e. The average Bonchev–Trinajstić information content (AvgIpc) is 2.62. The maximum atomic E-state index is 12.4. The number of aliphatic hydroxyl groups is 1. The van der Waals surface area contributed by atoms with E-state index in [9.17, 15) is 9.90 Å². The zero-order chi connectivity index (χ0) is 17.7. The number of halogens is 1. The first-order valence-electron chi connectivity index (χ1n) is 8.47. The average molecular weight is 360 g/mol. The van der Waals surface area contributed by atoms with E-state index in [1.54, 1.807) is 11.0 Å². The number of carbonyl (C=O) groups excluding carboxylic acids is 1. The standard InChI is InChI=1S/C20H22ClNO3/c21-17-6-4-5-16(13-17)14-19(23)22-11-9-20(24,10-12-22)15-25-18-7-2-1-3-8-18/h1-8,13,24H,9-12,14-15H2. The number of benzene rings is 2. The summed E-state index contributed by atoms with van der Waals surface area (Å²) in [6.07, 6.45) is 1.36. The molecule has 0 aromatic heterocycles. The first kappa shape index (κ1) is 17.8. The quantitative estimate of drug-likeness (QED) is 0.891. The van der Waals surface area contributed by atoms with E-state index < -0.39 is 5.60 Å². The first-order chi connectivity index (χ1) is 12.0. The lowest BCUT2D eigenvalue weighted by molar-refractivity contribution is -0.135. The molecule has 4 nitrogen and oxygen atoms in total. The molecular weight excluding hydrogens is 338 g/mol. The van der Waals surface area contributed by atoms with E-state index >= 15 is 0 Å². The van der Waals surface area contributed by atoms with Crippen molar-refractivity contribution in [1.82, 2.24) is 4.90 Å². The summed E-state index contributed by atoms with van der Waals surface area (Å²) >= 11 is 5.96. The Balaban J connectivity index is 1.49. The van der Waals surface area contributed by atoms with E-state index in [1.807, 2.05) is 48.5 Å². The minimum atomic E-state index is -0.886. The molecule has 0 bridgehead atoms. The molecule has 1 N–H and O–H groups in total. The number of amides is 1. The highest BCUT2D eigenvalue weighted by Gasteiger charge is 2.34. The summed E-state index contributed by atoms with van der Waals surface area (Å²) in [6.45, 7) is 1.31. The number of likely N-dealkylation sites (tertiary alicyclic amines) is 1. The van der Waals surface area contributed by atoms with Crippen molar-refractivity contribution in [2.24, 2.45) is 0 Å². The van der Waals surface area contributed by atoms with E-state index in [0.29, 0.717) is 37.4 Å². The number of piperidine rings is 1. The van der Waals surface area contributed by atoms with E-state index in [1.165, 1.54) is 0 Å². The third-order valence-electron chi connectivity index (χ3n) is 4.54. The van der Waals surface area contributed by atoms with Crippen LogP contribution in [0.2, 0.25) is 5.02 Å². The molecule has 0 radical (unpaired) electrons. The van der Waals surface area contributed by atoms with Gasteiger partial charge in [-0.2, -0.15) is 0 Å². The van der Waals surface area contributed by atoms with Crippen LogP contribution in [0.25, 0.3) is 0 Å². The smallest absolute Gasteiger partial charge is 0.226 e. The van der Waals surface area contributed by atoms with Gasteiger partial charge in [-0.1, -0.05) is 41.9 Å². The molecule has 1 heterocycles. The molecule has 2 aromatic rings. The molecule has 0 unspecified atom stereocenters. The molecule has 25 heavy (non-hydrogen) atoms. The van der Waals surface area contributed by atoms with Crippen LogP contribution < -0.4 is 4.74 Å². The SMILES string of the molecule is O=C(Cc1cccc(Cl)c1)N1CCC(O)(COc2ccccc2)CC1. The lowest BCUT2D eigenvalue weighted by Gasteiger charge is -2.38. The van der Waals surface area contributed by atoms with Crippen LogP contribution in [0.15, 0.2) is 54.6 Å². The zero-order valence-corrected chi connectivity index (χ0v) is 14.8. The van der Waals surface area contributed by atoms with E-state index in [0.717, 1.165) is 11.3 Å². The number of hydrogen-bond donors (Lipinski definition) is 1. The summed E-state index contributed by atoms with van der Waals surface area (Å²) in [5.74, 6) is 0.809. The topological polar surface area (TPSA) is 49.8 Å². The van der Waals surface area contributed by atoms with Gasteiger partial charge in [0.2, 0.25) is 5.91 Å². The summed E-state index contributed by atoms with van der Waals surface area (Å²) in [7, 11) is 0. The lowest BCUT2D eigenvalue weighted by Crippen LogP contribution is -2.49. The zero-order valence-electron chi connectivity index (χ0n) is 14.0. The molecule has 132 valence electrons. The van der Waals surface area contributed by atoms with Crippen LogP contribution in [-0.2, 0) is 11.2 Å². The normalized spacial score (nSPS) is 16.5. The van der Waals surface area contributed by atoms with Gasteiger partial charge in [0.1, 0.15) is 18.0 Å². The second-order valence-corrected chi connectivity index (χ2v) is 6.95. The molecule has 5 heteroatoms.